The molecule has 2 heterocycles. The largest absolute Gasteiger partial charge is 0.393 e. The van der Waals surface area contributed by atoms with Crippen molar-refractivity contribution in [1.29, 1.82) is 0 Å². The Morgan fingerprint density at radius 2 is 2.06 bits per heavy atom. The molecule has 5 heteroatoms. The maximum atomic E-state index is 12.7. The van der Waals surface area contributed by atoms with E-state index in [9.17, 15) is 13.2 Å². The number of nitrogens with one attached hydrogen (secondary N) is 1. The second-order valence-corrected chi connectivity index (χ2v) is 5.38. The van der Waals surface area contributed by atoms with Gasteiger partial charge in [-0.25, -0.2) is 0 Å². The van der Waals surface area contributed by atoms with E-state index in [1.165, 1.54) is 0 Å². The Hall–Kier alpha value is -0.290. The van der Waals surface area contributed by atoms with Crippen LogP contribution in [0.1, 0.15) is 26.2 Å². The van der Waals surface area contributed by atoms with Crippen molar-refractivity contribution in [3.63, 3.8) is 0 Å². The van der Waals surface area contributed by atoms with Gasteiger partial charge in [0.15, 0.2) is 0 Å². The van der Waals surface area contributed by atoms with Crippen molar-refractivity contribution in [3.05, 3.63) is 0 Å². The second-order valence-electron chi connectivity index (χ2n) is 5.38. The number of nitrogens with zero attached hydrogens (tertiary/aromatic N) is 1. The van der Waals surface area contributed by atoms with Crippen LogP contribution in [-0.4, -0.2) is 43.3 Å². The molecule has 2 aliphatic heterocycles. The van der Waals surface area contributed by atoms with Gasteiger partial charge in [-0.2, -0.15) is 13.2 Å². The average Bonchev–Trinajstić information content (AvgIpc) is 2.61. The first-order valence-electron chi connectivity index (χ1n) is 6.50. The fraction of sp³-hybridized carbons (Fsp3) is 1.00. The first-order valence-corrected chi connectivity index (χ1v) is 6.50. The van der Waals surface area contributed by atoms with E-state index in [4.69, 9.17) is 0 Å². The zero-order chi connectivity index (χ0) is 12.5. The summed E-state index contributed by atoms with van der Waals surface area (Å²) in [4.78, 5) is 2.02. The summed E-state index contributed by atoms with van der Waals surface area (Å²) < 4.78 is 38.2. The molecule has 0 aromatic carbocycles. The van der Waals surface area contributed by atoms with Crippen LogP contribution in [0.15, 0.2) is 0 Å². The summed E-state index contributed by atoms with van der Waals surface area (Å²) in [7, 11) is 0. The van der Waals surface area contributed by atoms with Gasteiger partial charge in [0, 0.05) is 12.6 Å². The Morgan fingerprint density at radius 1 is 1.29 bits per heavy atom. The van der Waals surface area contributed by atoms with Gasteiger partial charge in [-0.05, 0) is 51.7 Å². The van der Waals surface area contributed by atoms with Crippen molar-refractivity contribution in [3.8, 4) is 0 Å². The van der Waals surface area contributed by atoms with E-state index < -0.39 is 12.1 Å². The van der Waals surface area contributed by atoms with Crippen LogP contribution < -0.4 is 5.32 Å². The summed E-state index contributed by atoms with van der Waals surface area (Å²) >= 11 is 0. The molecule has 3 unspecified atom stereocenters. The van der Waals surface area contributed by atoms with Gasteiger partial charge in [-0.1, -0.05) is 0 Å². The van der Waals surface area contributed by atoms with E-state index in [0.29, 0.717) is 12.5 Å². The standard InChI is InChI=1S/C12H21F3N2/c1-9-11(12(13,14)15)4-6-17(9)8-10-3-2-5-16-7-10/h9-11,16H,2-8H2,1H3. The fourth-order valence-electron chi connectivity index (χ4n) is 3.11. The van der Waals surface area contributed by atoms with E-state index >= 15 is 0 Å². The Kier molecular flexibility index (Phi) is 3.98. The molecule has 0 spiro atoms. The minimum absolute atomic E-state index is 0.269. The molecule has 2 saturated heterocycles. The molecule has 0 aliphatic carbocycles. The predicted octanol–water partition coefficient (Wildman–Crippen LogP) is 2.26. The molecule has 0 aromatic rings. The SMILES string of the molecule is CC1C(C(F)(F)F)CCN1CC1CCCNC1. The zero-order valence-corrected chi connectivity index (χ0v) is 10.3. The van der Waals surface area contributed by atoms with Crippen LogP contribution in [0.2, 0.25) is 0 Å². The highest BCUT2D eigenvalue weighted by molar-refractivity contribution is 4.89. The Balaban J connectivity index is 1.86. The number of rotatable bonds is 2. The lowest BCUT2D eigenvalue weighted by Gasteiger charge is -2.31. The van der Waals surface area contributed by atoms with Crippen LogP contribution in [0, 0.1) is 11.8 Å². The molecular weight excluding hydrogens is 229 g/mol. The molecule has 0 bridgehead atoms. The number of alkyl halides is 3. The molecular formula is C12H21F3N2. The molecule has 0 amide bonds. The molecule has 100 valence electrons. The molecule has 17 heavy (non-hydrogen) atoms. The molecule has 3 atom stereocenters. The maximum absolute atomic E-state index is 12.7. The highest BCUT2D eigenvalue weighted by Crippen LogP contribution is 2.38. The number of hydrogen-bond acceptors (Lipinski definition) is 2. The third kappa shape index (κ3) is 3.13. The third-order valence-corrected chi connectivity index (χ3v) is 4.20. The van der Waals surface area contributed by atoms with E-state index in [1.54, 1.807) is 6.92 Å². The normalized spacial score (nSPS) is 36.4. The topological polar surface area (TPSA) is 15.3 Å². The third-order valence-electron chi connectivity index (χ3n) is 4.20. The van der Waals surface area contributed by atoms with Gasteiger partial charge in [0.05, 0.1) is 5.92 Å². The van der Waals surface area contributed by atoms with Gasteiger partial charge >= 0.3 is 6.18 Å². The number of likely N-dealkylation sites (tertiary alicyclic amines) is 1. The average molecular weight is 250 g/mol. The molecule has 0 aromatic heterocycles. The van der Waals surface area contributed by atoms with Crippen molar-refractivity contribution in [1.82, 2.24) is 10.2 Å². The van der Waals surface area contributed by atoms with Gasteiger partial charge in [0.25, 0.3) is 0 Å². The predicted molar refractivity (Wildman–Crippen MR) is 60.8 cm³/mol. The Labute approximate surface area is 101 Å². The van der Waals surface area contributed by atoms with Crippen molar-refractivity contribution in [2.45, 2.75) is 38.4 Å². The van der Waals surface area contributed by atoms with Gasteiger partial charge in [-0.3, -0.25) is 4.90 Å². The molecule has 2 rings (SSSR count). The quantitative estimate of drug-likeness (QED) is 0.808. The maximum Gasteiger partial charge on any atom is 0.393 e. The Morgan fingerprint density at radius 3 is 2.59 bits per heavy atom. The van der Waals surface area contributed by atoms with E-state index in [2.05, 4.69) is 5.32 Å². The first-order chi connectivity index (χ1) is 7.98. The van der Waals surface area contributed by atoms with Crippen LogP contribution in [0.4, 0.5) is 13.2 Å². The van der Waals surface area contributed by atoms with E-state index in [-0.39, 0.29) is 12.5 Å². The fourth-order valence-corrected chi connectivity index (χ4v) is 3.11. The molecule has 0 radical (unpaired) electrons. The highest BCUT2D eigenvalue weighted by Gasteiger charge is 2.48. The van der Waals surface area contributed by atoms with Crippen molar-refractivity contribution >= 4 is 0 Å². The smallest absolute Gasteiger partial charge is 0.316 e. The van der Waals surface area contributed by atoms with E-state index in [0.717, 1.165) is 32.5 Å². The lowest BCUT2D eigenvalue weighted by atomic mass is 9.97. The molecule has 1 N–H and O–H groups in total. The molecule has 2 nitrogen and oxygen atoms in total. The van der Waals surface area contributed by atoms with Gasteiger partial charge in [0.1, 0.15) is 0 Å². The van der Waals surface area contributed by atoms with Crippen LogP contribution in [0.3, 0.4) is 0 Å². The minimum Gasteiger partial charge on any atom is -0.316 e. The summed E-state index contributed by atoms with van der Waals surface area (Å²) in [5, 5.41) is 3.32. The first kappa shape index (κ1) is 13.1. The summed E-state index contributed by atoms with van der Waals surface area (Å²) in [5.41, 5.74) is 0. The number of piperidine rings is 1. The molecule has 2 aliphatic rings. The van der Waals surface area contributed by atoms with Crippen LogP contribution in [0.5, 0.6) is 0 Å². The summed E-state index contributed by atoms with van der Waals surface area (Å²) in [6.07, 6.45) is -1.47. The van der Waals surface area contributed by atoms with E-state index in [1.807, 2.05) is 4.90 Å². The summed E-state index contributed by atoms with van der Waals surface area (Å²) in [6, 6.07) is -0.350. The zero-order valence-electron chi connectivity index (χ0n) is 10.3. The summed E-state index contributed by atoms with van der Waals surface area (Å²) in [6.45, 7) is 5.15. The number of halogens is 3. The molecule has 0 saturated carbocycles. The minimum atomic E-state index is -4.03. The van der Waals surface area contributed by atoms with Crippen molar-refractivity contribution in [2.75, 3.05) is 26.2 Å². The number of hydrogen-bond donors (Lipinski definition) is 1. The van der Waals surface area contributed by atoms with Gasteiger partial charge < -0.3 is 5.32 Å². The van der Waals surface area contributed by atoms with Crippen LogP contribution in [0.25, 0.3) is 0 Å². The van der Waals surface area contributed by atoms with Gasteiger partial charge in [0.2, 0.25) is 0 Å². The highest BCUT2D eigenvalue weighted by atomic mass is 19.4. The second kappa shape index (κ2) is 5.14. The van der Waals surface area contributed by atoms with Gasteiger partial charge in [-0.15, -0.1) is 0 Å². The van der Waals surface area contributed by atoms with Crippen molar-refractivity contribution in [2.24, 2.45) is 11.8 Å². The monoisotopic (exact) mass is 250 g/mol. The van der Waals surface area contributed by atoms with Crippen molar-refractivity contribution < 1.29 is 13.2 Å². The van der Waals surface area contributed by atoms with Crippen LogP contribution in [-0.2, 0) is 0 Å². The lowest BCUT2D eigenvalue weighted by molar-refractivity contribution is -0.179. The molecule has 2 fully saturated rings. The lowest BCUT2D eigenvalue weighted by Crippen LogP contribution is -2.42. The summed E-state index contributed by atoms with van der Waals surface area (Å²) in [5.74, 6) is -0.600. The Bertz CT molecular complexity index is 249. The van der Waals surface area contributed by atoms with Crippen LogP contribution >= 0.6 is 0 Å².